The Morgan fingerprint density at radius 3 is 2.45 bits per heavy atom. The maximum absolute atomic E-state index is 12.4. The summed E-state index contributed by atoms with van der Waals surface area (Å²) in [5, 5.41) is 6.06. The van der Waals surface area contributed by atoms with Crippen LogP contribution in [0.25, 0.3) is 0 Å². The molecule has 2 N–H and O–H groups in total. The molecule has 2 amide bonds. The Labute approximate surface area is 177 Å². The van der Waals surface area contributed by atoms with E-state index in [9.17, 15) is 9.59 Å². The van der Waals surface area contributed by atoms with E-state index in [1.54, 1.807) is 11.8 Å². The third kappa shape index (κ3) is 6.61. The lowest BCUT2D eigenvalue weighted by Crippen LogP contribution is -2.41. The van der Waals surface area contributed by atoms with Crippen LogP contribution in [-0.2, 0) is 16.1 Å². The number of nitrogens with one attached hydrogen (secondary N) is 2. The van der Waals surface area contributed by atoms with E-state index in [0.29, 0.717) is 13.0 Å². The van der Waals surface area contributed by atoms with Crippen LogP contribution in [0.3, 0.4) is 0 Å². The molecule has 0 aromatic heterocycles. The Bertz CT molecular complexity index is 805. The number of carbonyl (C=O) groups is 2. The number of hydrogen-bond donors (Lipinski definition) is 2. The molecule has 3 rings (SSSR count). The summed E-state index contributed by atoms with van der Waals surface area (Å²) < 4.78 is 0. The van der Waals surface area contributed by atoms with Crippen molar-refractivity contribution < 1.29 is 9.59 Å². The maximum Gasteiger partial charge on any atom is 0.225 e. The lowest BCUT2D eigenvalue weighted by Gasteiger charge is -2.31. The van der Waals surface area contributed by atoms with Crippen LogP contribution in [0.1, 0.15) is 24.8 Å². The fourth-order valence-corrected chi connectivity index (χ4v) is 4.12. The zero-order valence-corrected chi connectivity index (χ0v) is 17.7. The topological polar surface area (TPSA) is 61.4 Å². The minimum atomic E-state index is 0.0363. The summed E-state index contributed by atoms with van der Waals surface area (Å²) in [5.74, 6) is 0.242. The van der Waals surface area contributed by atoms with Crippen molar-refractivity contribution in [2.75, 3.05) is 31.2 Å². The SMILES string of the molecule is CSc1ccccc1NC(=O)CCN1CCC(C(=O)NCc2ccccc2)CC1. The molecule has 1 saturated heterocycles. The van der Waals surface area contributed by atoms with Gasteiger partial charge in [-0.25, -0.2) is 0 Å². The van der Waals surface area contributed by atoms with Gasteiger partial charge >= 0.3 is 0 Å². The predicted molar refractivity (Wildman–Crippen MR) is 119 cm³/mol. The lowest BCUT2D eigenvalue weighted by atomic mass is 9.95. The monoisotopic (exact) mass is 411 g/mol. The molecule has 0 radical (unpaired) electrons. The number of hydrogen-bond acceptors (Lipinski definition) is 4. The summed E-state index contributed by atoms with van der Waals surface area (Å²) in [6.45, 7) is 3.03. The molecular weight excluding hydrogens is 382 g/mol. The summed E-state index contributed by atoms with van der Waals surface area (Å²) in [5.41, 5.74) is 1.99. The van der Waals surface area contributed by atoms with Crippen molar-refractivity contribution in [3.63, 3.8) is 0 Å². The minimum Gasteiger partial charge on any atom is -0.352 e. The number of anilines is 1. The highest BCUT2D eigenvalue weighted by atomic mass is 32.2. The molecule has 1 aliphatic heterocycles. The molecule has 5 nitrogen and oxygen atoms in total. The van der Waals surface area contributed by atoms with E-state index in [1.165, 1.54) is 0 Å². The summed E-state index contributed by atoms with van der Waals surface area (Å²) in [6, 6.07) is 17.8. The molecule has 0 unspecified atom stereocenters. The first kappa shape index (κ1) is 21.4. The van der Waals surface area contributed by atoms with Gasteiger partial charge in [0.25, 0.3) is 0 Å². The van der Waals surface area contributed by atoms with Crippen LogP contribution in [0.2, 0.25) is 0 Å². The molecule has 6 heteroatoms. The van der Waals surface area contributed by atoms with E-state index in [2.05, 4.69) is 15.5 Å². The van der Waals surface area contributed by atoms with Crippen molar-refractivity contribution in [2.24, 2.45) is 5.92 Å². The Hall–Kier alpha value is -2.31. The second-order valence-electron chi connectivity index (χ2n) is 7.32. The van der Waals surface area contributed by atoms with Crippen molar-refractivity contribution in [3.8, 4) is 0 Å². The van der Waals surface area contributed by atoms with Gasteiger partial charge in [-0.3, -0.25) is 9.59 Å². The van der Waals surface area contributed by atoms with Crippen molar-refractivity contribution >= 4 is 29.3 Å². The molecule has 0 atom stereocenters. The summed E-state index contributed by atoms with van der Waals surface area (Å²) in [4.78, 5) is 28.1. The van der Waals surface area contributed by atoms with Crippen LogP contribution in [0.15, 0.2) is 59.5 Å². The van der Waals surface area contributed by atoms with Gasteiger partial charge < -0.3 is 15.5 Å². The van der Waals surface area contributed by atoms with E-state index >= 15 is 0 Å². The van der Waals surface area contributed by atoms with Crippen molar-refractivity contribution in [1.29, 1.82) is 0 Å². The number of para-hydroxylation sites is 1. The quantitative estimate of drug-likeness (QED) is 0.649. The van der Waals surface area contributed by atoms with Gasteiger partial charge in [-0.05, 0) is 49.9 Å². The first-order chi connectivity index (χ1) is 14.2. The molecule has 1 heterocycles. The Kier molecular flexibility index (Phi) is 8.14. The Morgan fingerprint density at radius 2 is 1.72 bits per heavy atom. The summed E-state index contributed by atoms with van der Waals surface area (Å²) in [7, 11) is 0. The van der Waals surface area contributed by atoms with E-state index in [1.807, 2.05) is 60.9 Å². The third-order valence-electron chi connectivity index (χ3n) is 5.30. The third-order valence-corrected chi connectivity index (χ3v) is 6.10. The van der Waals surface area contributed by atoms with Gasteiger partial charge in [0.05, 0.1) is 5.69 Å². The van der Waals surface area contributed by atoms with E-state index in [0.717, 1.165) is 48.6 Å². The average Bonchev–Trinajstić information content (AvgIpc) is 2.77. The standard InChI is InChI=1S/C23H29N3O2S/c1-29-21-10-6-5-9-20(21)25-22(27)13-16-26-14-11-19(12-15-26)23(28)24-17-18-7-3-2-4-8-18/h2-10,19H,11-17H2,1H3,(H,24,28)(H,25,27). The molecule has 2 aromatic rings. The van der Waals surface area contributed by atoms with Gasteiger partial charge in [0.2, 0.25) is 11.8 Å². The number of nitrogens with zero attached hydrogens (tertiary/aromatic N) is 1. The van der Waals surface area contributed by atoms with Gasteiger partial charge in [0.15, 0.2) is 0 Å². The van der Waals surface area contributed by atoms with Crippen molar-refractivity contribution in [2.45, 2.75) is 30.7 Å². The largest absolute Gasteiger partial charge is 0.352 e. The van der Waals surface area contributed by atoms with Crippen LogP contribution in [0.4, 0.5) is 5.69 Å². The number of carbonyl (C=O) groups excluding carboxylic acids is 2. The lowest BCUT2D eigenvalue weighted by molar-refractivity contribution is -0.126. The van der Waals surface area contributed by atoms with E-state index < -0.39 is 0 Å². The smallest absolute Gasteiger partial charge is 0.225 e. The number of rotatable bonds is 8. The second kappa shape index (κ2) is 11.0. The molecule has 0 bridgehead atoms. The van der Waals surface area contributed by atoms with E-state index in [4.69, 9.17) is 0 Å². The zero-order chi connectivity index (χ0) is 20.5. The fraction of sp³-hybridized carbons (Fsp3) is 0.391. The van der Waals surface area contributed by atoms with Gasteiger partial charge in [0.1, 0.15) is 0 Å². The second-order valence-corrected chi connectivity index (χ2v) is 8.17. The summed E-state index contributed by atoms with van der Waals surface area (Å²) >= 11 is 1.63. The van der Waals surface area contributed by atoms with Gasteiger partial charge in [-0.2, -0.15) is 0 Å². The molecule has 29 heavy (non-hydrogen) atoms. The molecule has 0 saturated carbocycles. The number of benzene rings is 2. The van der Waals surface area contributed by atoms with Crippen LogP contribution in [0.5, 0.6) is 0 Å². The van der Waals surface area contributed by atoms with Gasteiger partial charge in [0, 0.05) is 30.3 Å². The van der Waals surface area contributed by atoms with Crippen LogP contribution in [0, 0.1) is 5.92 Å². The molecule has 2 aromatic carbocycles. The van der Waals surface area contributed by atoms with Crippen molar-refractivity contribution in [1.82, 2.24) is 10.2 Å². The predicted octanol–water partition coefficient (Wildman–Crippen LogP) is 3.77. The zero-order valence-electron chi connectivity index (χ0n) is 16.9. The van der Waals surface area contributed by atoms with Crippen LogP contribution >= 0.6 is 11.8 Å². The molecule has 0 aliphatic carbocycles. The molecule has 1 aliphatic rings. The normalized spacial score (nSPS) is 15.1. The Morgan fingerprint density at radius 1 is 1.03 bits per heavy atom. The fourth-order valence-electron chi connectivity index (χ4n) is 3.57. The van der Waals surface area contributed by atoms with Crippen LogP contribution in [-0.4, -0.2) is 42.6 Å². The summed E-state index contributed by atoms with van der Waals surface area (Å²) in [6.07, 6.45) is 4.16. The van der Waals surface area contributed by atoms with Crippen LogP contribution < -0.4 is 10.6 Å². The minimum absolute atomic E-state index is 0.0363. The number of amides is 2. The van der Waals surface area contributed by atoms with E-state index in [-0.39, 0.29) is 17.7 Å². The van der Waals surface area contributed by atoms with Gasteiger partial charge in [-0.15, -0.1) is 11.8 Å². The highest BCUT2D eigenvalue weighted by molar-refractivity contribution is 7.98. The Balaban J connectivity index is 1.36. The molecular formula is C23H29N3O2S. The number of piperidine rings is 1. The van der Waals surface area contributed by atoms with Gasteiger partial charge in [-0.1, -0.05) is 42.5 Å². The molecule has 154 valence electrons. The highest BCUT2D eigenvalue weighted by Gasteiger charge is 2.24. The average molecular weight is 412 g/mol. The van der Waals surface area contributed by atoms with Crippen molar-refractivity contribution in [3.05, 3.63) is 60.2 Å². The highest BCUT2D eigenvalue weighted by Crippen LogP contribution is 2.24. The molecule has 0 spiro atoms. The number of thioether (sulfide) groups is 1. The maximum atomic E-state index is 12.4. The first-order valence-corrected chi connectivity index (χ1v) is 11.3. The number of likely N-dealkylation sites (tertiary alicyclic amines) is 1. The molecule has 1 fully saturated rings. The first-order valence-electron chi connectivity index (χ1n) is 10.1.